The summed E-state index contributed by atoms with van der Waals surface area (Å²) in [5.41, 5.74) is 0.595. The molecule has 6 nitrogen and oxygen atoms in total. The molecule has 30 heavy (non-hydrogen) atoms. The number of carbonyl (C=O) groups excluding carboxylic acids is 1. The van der Waals surface area contributed by atoms with Crippen LogP contribution >= 0.6 is 11.3 Å². The molecule has 1 aliphatic heterocycles. The summed E-state index contributed by atoms with van der Waals surface area (Å²) in [6.45, 7) is 0.877. The highest BCUT2D eigenvalue weighted by atomic mass is 32.1. The fraction of sp³-hybridized carbons (Fsp3) is 0.333. The number of aromatic nitrogens is 1. The molecular formula is C21H20F2N2O4S. The number of benzene rings is 2. The SMILES string of the molecule is COc1ccc(OC)c2sc(N(C[C@@H]3CCCO3)C(=O)c3ccc(F)c(F)c3)nc12. The number of anilines is 1. The summed E-state index contributed by atoms with van der Waals surface area (Å²) in [7, 11) is 3.09. The Hall–Kier alpha value is -2.78. The Morgan fingerprint density at radius 1 is 1.20 bits per heavy atom. The van der Waals surface area contributed by atoms with Gasteiger partial charge in [-0.05, 0) is 43.2 Å². The number of amides is 1. The monoisotopic (exact) mass is 434 g/mol. The normalized spacial score (nSPS) is 16.1. The third kappa shape index (κ3) is 3.82. The average Bonchev–Trinajstić information content (AvgIpc) is 3.42. The molecule has 2 aromatic carbocycles. The highest BCUT2D eigenvalue weighted by Gasteiger charge is 2.28. The van der Waals surface area contributed by atoms with Gasteiger partial charge in [-0.15, -0.1) is 0 Å². The third-order valence-corrected chi connectivity index (χ3v) is 6.04. The third-order valence-electron chi connectivity index (χ3n) is 4.95. The first-order valence-electron chi connectivity index (χ1n) is 9.42. The largest absolute Gasteiger partial charge is 0.495 e. The van der Waals surface area contributed by atoms with Gasteiger partial charge < -0.3 is 14.2 Å². The fourth-order valence-electron chi connectivity index (χ4n) is 3.41. The van der Waals surface area contributed by atoms with Crippen LogP contribution in [0, 0.1) is 11.6 Å². The quantitative estimate of drug-likeness (QED) is 0.575. The molecule has 0 spiro atoms. The molecule has 9 heteroatoms. The van der Waals surface area contributed by atoms with Crippen LogP contribution in [0.15, 0.2) is 30.3 Å². The molecular weight excluding hydrogens is 414 g/mol. The van der Waals surface area contributed by atoms with Crippen molar-refractivity contribution in [1.82, 2.24) is 4.98 Å². The number of rotatable bonds is 6. The molecule has 4 rings (SSSR count). The van der Waals surface area contributed by atoms with Gasteiger partial charge in [0, 0.05) is 12.2 Å². The van der Waals surface area contributed by atoms with Gasteiger partial charge in [0.2, 0.25) is 0 Å². The van der Waals surface area contributed by atoms with Crippen molar-refractivity contribution in [2.75, 3.05) is 32.3 Å². The van der Waals surface area contributed by atoms with E-state index in [1.807, 2.05) is 0 Å². The minimum Gasteiger partial charge on any atom is -0.495 e. The van der Waals surface area contributed by atoms with Crippen LogP contribution in [0.5, 0.6) is 11.5 Å². The molecule has 1 aliphatic rings. The predicted molar refractivity (Wildman–Crippen MR) is 110 cm³/mol. The number of methoxy groups -OCH3 is 2. The lowest BCUT2D eigenvalue weighted by Gasteiger charge is -2.23. The zero-order valence-corrected chi connectivity index (χ0v) is 17.3. The number of hydrogen-bond acceptors (Lipinski definition) is 6. The van der Waals surface area contributed by atoms with E-state index in [1.54, 1.807) is 19.2 Å². The summed E-state index contributed by atoms with van der Waals surface area (Å²) < 4.78 is 44.4. The maximum atomic E-state index is 13.8. The predicted octanol–water partition coefficient (Wildman–Crippen LogP) is 4.42. The average molecular weight is 434 g/mol. The molecule has 1 saturated heterocycles. The number of fused-ring (bicyclic) bond motifs is 1. The molecule has 0 unspecified atom stereocenters. The van der Waals surface area contributed by atoms with Crippen molar-refractivity contribution in [3.8, 4) is 11.5 Å². The number of halogens is 2. The van der Waals surface area contributed by atoms with E-state index in [4.69, 9.17) is 14.2 Å². The first-order valence-corrected chi connectivity index (χ1v) is 10.2. The molecule has 0 radical (unpaired) electrons. The van der Waals surface area contributed by atoms with E-state index >= 15 is 0 Å². The summed E-state index contributed by atoms with van der Waals surface area (Å²) in [5.74, 6) is -1.42. The molecule has 0 saturated carbocycles. The molecule has 158 valence electrons. The highest BCUT2D eigenvalue weighted by molar-refractivity contribution is 7.22. The van der Waals surface area contributed by atoms with Gasteiger partial charge in [0.15, 0.2) is 16.8 Å². The van der Waals surface area contributed by atoms with Gasteiger partial charge in [0.05, 0.1) is 26.9 Å². The summed E-state index contributed by atoms with van der Waals surface area (Å²) >= 11 is 1.27. The van der Waals surface area contributed by atoms with Gasteiger partial charge in [-0.25, -0.2) is 13.8 Å². The van der Waals surface area contributed by atoms with Crippen molar-refractivity contribution >= 4 is 32.6 Å². The van der Waals surface area contributed by atoms with Crippen molar-refractivity contribution in [2.45, 2.75) is 18.9 Å². The van der Waals surface area contributed by atoms with Crippen LogP contribution in [0.4, 0.5) is 13.9 Å². The maximum Gasteiger partial charge on any atom is 0.260 e. The van der Waals surface area contributed by atoms with Gasteiger partial charge in [0.25, 0.3) is 5.91 Å². The van der Waals surface area contributed by atoms with Crippen LogP contribution < -0.4 is 14.4 Å². The lowest BCUT2D eigenvalue weighted by Crippen LogP contribution is -2.37. The van der Waals surface area contributed by atoms with Crippen LogP contribution in [-0.4, -0.2) is 44.4 Å². The second kappa shape index (κ2) is 8.53. The second-order valence-corrected chi connectivity index (χ2v) is 7.80. The molecule has 1 amide bonds. The number of thiazole rings is 1. The Balaban J connectivity index is 1.79. The number of carbonyl (C=O) groups is 1. The van der Waals surface area contributed by atoms with E-state index in [9.17, 15) is 13.6 Å². The van der Waals surface area contributed by atoms with Crippen molar-refractivity contribution in [1.29, 1.82) is 0 Å². The summed E-state index contributed by atoms with van der Waals surface area (Å²) in [6.07, 6.45) is 1.55. The second-order valence-electron chi connectivity index (χ2n) is 6.82. The zero-order valence-electron chi connectivity index (χ0n) is 16.5. The van der Waals surface area contributed by atoms with Crippen LogP contribution in [0.2, 0.25) is 0 Å². The Kier molecular flexibility index (Phi) is 5.83. The molecule has 2 heterocycles. The first-order chi connectivity index (χ1) is 14.5. The van der Waals surface area contributed by atoms with Gasteiger partial charge in [0.1, 0.15) is 21.7 Å². The van der Waals surface area contributed by atoms with E-state index in [2.05, 4.69) is 4.98 Å². The van der Waals surface area contributed by atoms with Crippen LogP contribution in [0.3, 0.4) is 0 Å². The molecule has 0 bridgehead atoms. The zero-order chi connectivity index (χ0) is 21.3. The number of ether oxygens (including phenoxy) is 3. The minimum absolute atomic E-state index is 0.0325. The fourth-order valence-corrected chi connectivity index (χ4v) is 4.50. The van der Waals surface area contributed by atoms with E-state index in [0.717, 1.165) is 29.7 Å². The van der Waals surface area contributed by atoms with Crippen LogP contribution in [0.1, 0.15) is 23.2 Å². The molecule has 0 N–H and O–H groups in total. The van der Waals surface area contributed by atoms with E-state index in [-0.39, 0.29) is 18.2 Å². The Labute approximate surface area is 176 Å². The molecule has 3 aromatic rings. The smallest absolute Gasteiger partial charge is 0.260 e. The highest BCUT2D eigenvalue weighted by Crippen LogP contribution is 2.40. The maximum absolute atomic E-state index is 13.8. The van der Waals surface area contributed by atoms with Crippen molar-refractivity contribution in [3.05, 3.63) is 47.5 Å². The van der Waals surface area contributed by atoms with Crippen molar-refractivity contribution in [3.63, 3.8) is 0 Å². The molecule has 0 aliphatic carbocycles. The van der Waals surface area contributed by atoms with Gasteiger partial charge in [-0.3, -0.25) is 9.69 Å². The Morgan fingerprint density at radius 3 is 2.63 bits per heavy atom. The summed E-state index contributed by atoms with van der Waals surface area (Å²) in [4.78, 5) is 19.3. The topological polar surface area (TPSA) is 60.9 Å². The standard InChI is InChI=1S/C21H20F2N2O4S/c1-27-16-7-8-17(28-2)19-18(16)24-21(30-19)25(11-13-4-3-9-29-13)20(26)12-5-6-14(22)15(23)10-12/h5-8,10,13H,3-4,9,11H2,1-2H3/t13-/m0/s1. The Morgan fingerprint density at radius 2 is 1.97 bits per heavy atom. The van der Waals surface area contributed by atoms with E-state index in [1.165, 1.54) is 29.4 Å². The number of hydrogen-bond donors (Lipinski definition) is 0. The van der Waals surface area contributed by atoms with Crippen LogP contribution in [-0.2, 0) is 4.74 Å². The minimum atomic E-state index is -1.08. The van der Waals surface area contributed by atoms with Crippen LogP contribution in [0.25, 0.3) is 10.2 Å². The van der Waals surface area contributed by atoms with Crippen molar-refractivity contribution in [2.24, 2.45) is 0 Å². The van der Waals surface area contributed by atoms with Crippen molar-refractivity contribution < 1.29 is 27.8 Å². The first kappa shape index (κ1) is 20.5. The van der Waals surface area contributed by atoms with Gasteiger partial charge in [-0.1, -0.05) is 11.3 Å². The number of nitrogens with zero attached hydrogens (tertiary/aromatic N) is 2. The summed E-state index contributed by atoms with van der Waals surface area (Å²) in [6, 6.07) is 6.61. The Bertz CT molecular complexity index is 1040. The lowest BCUT2D eigenvalue weighted by atomic mass is 10.1. The summed E-state index contributed by atoms with van der Waals surface area (Å²) in [5, 5.41) is 0.401. The van der Waals surface area contributed by atoms with E-state index < -0.39 is 17.5 Å². The van der Waals surface area contributed by atoms with E-state index in [0.29, 0.717) is 28.8 Å². The molecule has 1 fully saturated rings. The lowest BCUT2D eigenvalue weighted by molar-refractivity contribution is 0.0917. The van der Waals surface area contributed by atoms with Gasteiger partial charge in [-0.2, -0.15) is 0 Å². The van der Waals surface area contributed by atoms with Gasteiger partial charge >= 0.3 is 0 Å². The molecule has 1 atom stereocenters. The molecule has 1 aromatic heterocycles.